The largest absolute Gasteiger partial charge is 0.489 e. The van der Waals surface area contributed by atoms with E-state index in [1.165, 1.54) is 6.92 Å². The monoisotopic (exact) mass is 413 g/mol. The van der Waals surface area contributed by atoms with Crippen molar-refractivity contribution in [1.82, 2.24) is 10.3 Å². The van der Waals surface area contributed by atoms with Crippen LogP contribution in [0.2, 0.25) is 0 Å². The van der Waals surface area contributed by atoms with E-state index in [9.17, 15) is 9.18 Å². The lowest BCUT2D eigenvalue weighted by Crippen LogP contribution is -2.25. The third-order valence-corrected chi connectivity index (χ3v) is 5.58. The number of carbonyl (C=O) groups is 1. The normalized spacial score (nSPS) is 19.4. The van der Waals surface area contributed by atoms with E-state index in [4.69, 9.17) is 9.47 Å². The second kappa shape index (κ2) is 8.90. The number of pyridine rings is 1. The minimum Gasteiger partial charge on any atom is -0.489 e. The highest BCUT2D eigenvalue weighted by Gasteiger charge is 2.28. The maximum atomic E-state index is 14.9. The summed E-state index contributed by atoms with van der Waals surface area (Å²) in [5.41, 5.74) is 1.53. The van der Waals surface area contributed by atoms with Gasteiger partial charge >= 0.3 is 0 Å². The van der Waals surface area contributed by atoms with Gasteiger partial charge in [0.15, 0.2) is 0 Å². The minimum atomic E-state index is -0.393. The third kappa shape index (κ3) is 5.01. The molecule has 1 amide bonds. The number of hydrogen-bond acceptors (Lipinski definition) is 5. The van der Waals surface area contributed by atoms with Crippen LogP contribution in [0.15, 0.2) is 36.5 Å². The van der Waals surface area contributed by atoms with Crippen LogP contribution in [-0.2, 0) is 4.79 Å². The molecule has 4 rings (SSSR count). The van der Waals surface area contributed by atoms with Crippen LogP contribution in [0, 0.1) is 11.7 Å². The molecule has 1 N–H and O–H groups in total. The van der Waals surface area contributed by atoms with Gasteiger partial charge in [0.2, 0.25) is 11.7 Å². The molecular weight excluding hydrogens is 385 g/mol. The number of hydrogen-bond donors (Lipinski definition) is 1. The number of nitrogens with one attached hydrogen (secondary N) is 1. The maximum Gasteiger partial charge on any atom is 0.252 e. The molecule has 0 bridgehead atoms. The van der Waals surface area contributed by atoms with Crippen molar-refractivity contribution in [2.24, 2.45) is 5.92 Å². The molecule has 1 aliphatic carbocycles. The van der Waals surface area contributed by atoms with Crippen molar-refractivity contribution in [3.05, 3.63) is 47.9 Å². The Labute approximate surface area is 176 Å². The van der Waals surface area contributed by atoms with Crippen molar-refractivity contribution in [2.45, 2.75) is 45.3 Å². The molecule has 30 heavy (non-hydrogen) atoms. The molecule has 2 aliphatic rings. The first-order valence-electron chi connectivity index (χ1n) is 10.6. The standard InChI is InChI=1S/C23H28FN3O3/c1-15(26-16(2)28)18-5-7-19(8-6-18)30-20-10-12-27(13-20)21-9-11-25-23(22(21)24)29-14-17-3-4-17/h5-9,11,15,17,20H,3-4,10,12-14H2,1-2H3,(H,26,28)/t15-,20+/m0/s1. The molecule has 1 saturated heterocycles. The van der Waals surface area contributed by atoms with E-state index in [1.807, 2.05) is 36.1 Å². The van der Waals surface area contributed by atoms with Gasteiger partial charge in [0.25, 0.3) is 5.88 Å². The number of aromatic nitrogens is 1. The van der Waals surface area contributed by atoms with Gasteiger partial charge in [-0.05, 0) is 49.4 Å². The Kier molecular flexibility index (Phi) is 6.06. The first-order chi connectivity index (χ1) is 14.5. The highest BCUT2D eigenvalue weighted by molar-refractivity contribution is 5.73. The lowest BCUT2D eigenvalue weighted by atomic mass is 10.1. The fourth-order valence-corrected chi connectivity index (χ4v) is 3.70. The van der Waals surface area contributed by atoms with Crippen molar-refractivity contribution in [3.8, 4) is 11.6 Å². The molecule has 2 aromatic rings. The summed E-state index contributed by atoms with van der Waals surface area (Å²) in [5, 5.41) is 2.87. The molecular formula is C23H28FN3O3. The number of anilines is 1. The van der Waals surface area contributed by atoms with Crippen LogP contribution in [0.4, 0.5) is 10.1 Å². The van der Waals surface area contributed by atoms with Gasteiger partial charge in [0.05, 0.1) is 24.9 Å². The van der Waals surface area contributed by atoms with Gasteiger partial charge in [-0.15, -0.1) is 0 Å². The summed E-state index contributed by atoms with van der Waals surface area (Å²) < 4.78 is 26.5. The Hall–Kier alpha value is -2.83. The molecule has 2 atom stereocenters. The summed E-state index contributed by atoms with van der Waals surface area (Å²) in [6.45, 7) is 5.31. The molecule has 0 unspecified atom stereocenters. The van der Waals surface area contributed by atoms with Gasteiger partial charge in [0.1, 0.15) is 11.9 Å². The second-order valence-corrected chi connectivity index (χ2v) is 8.17. The van der Waals surface area contributed by atoms with Crippen LogP contribution >= 0.6 is 0 Å². The summed E-state index contributed by atoms with van der Waals surface area (Å²) in [6.07, 6.45) is 4.69. The lowest BCUT2D eigenvalue weighted by molar-refractivity contribution is -0.119. The van der Waals surface area contributed by atoms with E-state index in [0.29, 0.717) is 31.3 Å². The van der Waals surface area contributed by atoms with Gasteiger partial charge in [-0.1, -0.05) is 12.1 Å². The fraction of sp³-hybridized carbons (Fsp3) is 0.478. The van der Waals surface area contributed by atoms with Crippen molar-refractivity contribution >= 4 is 11.6 Å². The Balaban J connectivity index is 1.34. The van der Waals surface area contributed by atoms with Crippen LogP contribution in [0.25, 0.3) is 0 Å². The second-order valence-electron chi connectivity index (χ2n) is 8.17. The number of halogens is 1. The average molecular weight is 413 g/mol. The zero-order valence-corrected chi connectivity index (χ0v) is 17.4. The number of amides is 1. The summed E-state index contributed by atoms with van der Waals surface area (Å²) in [7, 11) is 0. The van der Waals surface area contributed by atoms with E-state index in [2.05, 4.69) is 10.3 Å². The van der Waals surface area contributed by atoms with Crippen LogP contribution in [0.1, 0.15) is 44.7 Å². The summed E-state index contributed by atoms with van der Waals surface area (Å²) >= 11 is 0. The van der Waals surface area contributed by atoms with E-state index in [0.717, 1.165) is 30.6 Å². The van der Waals surface area contributed by atoms with Crippen molar-refractivity contribution < 1.29 is 18.7 Å². The third-order valence-electron chi connectivity index (χ3n) is 5.58. The Morgan fingerprint density at radius 2 is 2.03 bits per heavy atom. The number of nitrogens with zero attached hydrogens (tertiary/aromatic N) is 2. The number of rotatable bonds is 8. The van der Waals surface area contributed by atoms with Crippen molar-refractivity contribution in [3.63, 3.8) is 0 Å². The molecule has 7 heteroatoms. The van der Waals surface area contributed by atoms with E-state index < -0.39 is 5.82 Å². The predicted octanol–water partition coefficient (Wildman–Crippen LogP) is 3.86. The van der Waals surface area contributed by atoms with Crippen molar-refractivity contribution in [1.29, 1.82) is 0 Å². The van der Waals surface area contributed by atoms with Crippen molar-refractivity contribution in [2.75, 3.05) is 24.6 Å². The zero-order valence-electron chi connectivity index (χ0n) is 17.4. The quantitative estimate of drug-likeness (QED) is 0.712. The van der Waals surface area contributed by atoms with Gasteiger partial charge in [-0.2, -0.15) is 4.39 Å². The van der Waals surface area contributed by atoms with E-state index >= 15 is 0 Å². The molecule has 1 aromatic carbocycles. The molecule has 1 aromatic heterocycles. The number of ether oxygens (including phenoxy) is 2. The highest BCUT2D eigenvalue weighted by atomic mass is 19.1. The van der Waals surface area contributed by atoms with Crippen LogP contribution in [0.3, 0.4) is 0 Å². The lowest BCUT2D eigenvalue weighted by Gasteiger charge is -2.20. The molecule has 0 spiro atoms. The minimum absolute atomic E-state index is 0.0213. The highest BCUT2D eigenvalue weighted by Crippen LogP contribution is 2.32. The van der Waals surface area contributed by atoms with E-state index in [-0.39, 0.29) is 23.9 Å². The first-order valence-corrected chi connectivity index (χ1v) is 10.6. The Morgan fingerprint density at radius 1 is 1.27 bits per heavy atom. The summed E-state index contributed by atoms with van der Waals surface area (Å²) in [5.74, 6) is 0.956. The summed E-state index contributed by atoms with van der Waals surface area (Å²) in [4.78, 5) is 17.2. The molecule has 6 nitrogen and oxygen atoms in total. The SMILES string of the molecule is CC(=O)N[C@@H](C)c1ccc(O[C@@H]2CCN(c3ccnc(OCC4CC4)c3F)C2)cc1. The van der Waals surface area contributed by atoms with Gasteiger partial charge in [-0.3, -0.25) is 4.79 Å². The molecule has 1 saturated carbocycles. The smallest absolute Gasteiger partial charge is 0.252 e. The van der Waals surface area contributed by atoms with Crippen LogP contribution in [-0.4, -0.2) is 36.7 Å². The fourth-order valence-electron chi connectivity index (χ4n) is 3.70. The van der Waals surface area contributed by atoms with Gasteiger partial charge in [-0.25, -0.2) is 4.98 Å². The number of benzene rings is 1. The molecule has 160 valence electrons. The average Bonchev–Trinajstić information content (AvgIpc) is 3.44. The van der Waals surface area contributed by atoms with E-state index in [1.54, 1.807) is 12.3 Å². The topological polar surface area (TPSA) is 63.7 Å². The number of carbonyl (C=O) groups excluding carboxylic acids is 1. The Morgan fingerprint density at radius 3 is 2.73 bits per heavy atom. The predicted molar refractivity (Wildman–Crippen MR) is 112 cm³/mol. The molecule has 0 radical (unpaired) electrons. The molecule has 2 fully saturated rings. The first kappa shape index (κ1) is 20.4. The van der Waals surface area contributed by atoms with Gasteiger partial charge < -0.3 is 19.7 Å². The van der Waals surface area contributed by atoms with Gasteiger partial charge in [0, 0.05) is 26.1 Å². The van der Waals surface area contributed by atoms with Crippen LogP contribution < -0.4 is 19.7 Å². The molecule has 2 heterocycles. The Bertz CT molecular complexity index is 886. The molecule has 1 aliphatic heterocycles. The van der Waals surface area contributed by atoms with Crippen LogP contribution in [0.5, 0.6) is 11.6 Å². The maximum absolute atomic E-state index is 14.9. The zero-order chi connectivity index (χ0) is 21.1. The summed E-state index contributed by atoms with van der Waals surface area (Å²) in [6, 6.07) is 9.37.